The van der Waals surface area contributed by atoms with Gasteiger partial charge in [0.05, 0.1) is 22.0 Å². The first kappa shape index (κ1) is 27.8. The van der Waals surface area contributed by atoms with Gasteiger partial charge in [-0.05, 0) is 55.7 Å². The van der Waals surface area contributed by atoms with Crippen LogP contribution in [0.4, 0.5) is 5.69 Å². The Kier molecular flexibility index (Phi) is 9.48. The molecule has 190 valence electrons. The minimum absolute atomic E-state index is 0.0940. The minimum atomic E-state index is -3.84. The van der Waals surface area contributed by atoms with Crippen LogP contribution in [0.25, 0.3) is 0 Å². The Morgan fingerprint density at radius 3 is 2.40 bits per heavy atom. The molecule has 0 aliphatic heterocycles. The summed E-state index contributed by atoms with van der Waals surface area (Å²) in [4.78, 5) is 28.0. The molecule has 1 aliphatic carbocycles. The van der Waals surface area contributed by atoms with Crippen molar-refractivity contribution < 1.29 is 18.0 Å². The van der Waals surface area contributed by atoms with Gasteiger partial charge < -0.3 is 10.2 Å². The van der Waals surface area contributed by atoms with E-state index in [0.717, 1.165) is 46.3 Å². The Hall–Kier alpha value is -1.81. The lowest BCUT2D eigenvalue weighted by molar-refractivity contribution is -0.139. The molecule has 35 heavy (non-hydrogen) atoms. The quantitative estimate of drug-likeness (QED) is 0.436. The number of benzene rings is 2. The lowest BCUT2D eigenvalue weighted by Crippen LogP contribution is -2.52. The molecular weight excluding hydrogens is 577 g/mol. The van der Waals surface area contributed by atoms with Crippen molar-refractivity contribution in [2.24, 2.45) is 0 Å². The number of sulfonamides is 1. The zero-order valence-electron chi connectivity index (χ0n) is 19.5. The molecule has 1 aliphatic rings. The molecule has 2 aromatic rings. The van der Waals surface area contributed by atoms with Gasteiger partial charge in [-0.25, -0.2) is 8.42 Å². The van der Waals surface area contributed by atoms with E-state index in [1.807, 2.05) is 24.3 Å². The van der Waals surface area contributed by atoms with E-state index in [4.69, 9.17) is 23.2 Å². The Morgan fingerprint density at radius 1 is 1.11 bits per heavy atom. The number of amides is 2. The number of carbonyl (C=O) groups excluding carboxylic acids is 2. The topological polar surface area (TPSA) is 86.8 Å². The van der Waals surface area contributed by atoms with Crippen LogP contribution in [-0.4, -0.2) is 50.0 Å². The van der Waals surface area contributed by atoms with Crippen LogP contribution in [0.1, 0.15) is 38.2 Å². The summed E-state index contributed by atoms with van der Waals surface area (Å²) in [5, 5.41) is 3.47. The first-order valence-electron chi connectivity index (χ1n) is 11.2. The fourth-order valence-electron chi connectivity index (χ4n) is 4.06. The summed E-state index contributed by atoms with van der Waals surface area (Å²) < 4.78 is 27.0. The van der Waals surface area contributed by atoms with Gasteiger partial charge in [-0.2, -0.15) is 0 Å². The van der Waals surface area contributed by atoms with Gasteiger partial charge in [0, 0.05) is 17.1 Å². The zero-order valence-corrected chi connectivity index (χ0v) is 23.4. The normalized spacial score (nSPS) is 15.0. The molecule has 3 rings (SSSR count). The molecule has 2 amide bonds. The van der Waals surface area contributed by atoms with E-state index in [-0.39, 0.29) is 34.2 Å². The Labute approximate surface area is 224 Å². The van der Waals surface area contributed by atoms with Gasteiger partial charge in [0.15, 0.2) is 0 Å². The van der Waals surface area contributed by atoms with Crippen molar-refractivity contribution in [3.8, 4) is 0 Å². The summed E-state index contributed by atoms with van der Waals surface area (Å²) in [6.45, 7) is 1.30. The number of hydrogen-bond acceptors (Lipinski definition) is 4. The number of nitrogens with one attached hydrogen (secondary N) is 1. The molecular formula is C24H28BrCl2N3O4S. The second kappa shape index (κ2) is 12.0. The number of carbonyl (C=O) groups is 2. The maximum absolute atomic E-state index is 13.6. The maximum Gasteiger partial charge on any atom is 0.244 e. The molecule has 7 nitrogen and oxygen atoms in total. The fraction of sp³-hybridized carbons (Fsp3) is 0.417. The smallest absolute Gasteiger partial charge is 0.244 e. The molecule has 1 saturated carbocycles. The molecule has 11 heteroatoms. The van der Waals surface area contributed by atoms with Crippen molar-refractivity contribution in [3.05, 3.63) is 62.5 Å². The van der Waals surface area contributed by atoms with Crippen molar-refractivity contribution in [2.75, 3.05) is 17.1 Å². The van der Waals surface area contributed by atoms with Gasteiger partial charge in [0.2, 0.25) is 21.8 Å². The van der Waals surface area contributed by atoms with Crippen LogP contribution in [0.5, 0.6) is 0 Å². The highest BCUT2D eigenvalue weighted by Gasteiger charge is 2.31. The molecule has 1 N–H and O–H groups in total. The molecule has 1 atom stereocenters. The summed E-state index contributed by atoms with van der Waals surface area (Å²) in [5.74, 6) is -0.781. The number of hydrogen-bond donors (Lipinski definition) is 1. The lowest BCUT2D eigenvalue weighted by atomic mass is 10.1. The number of rotatable bonds is 9. The first-order valence-corrected chi connectivity index (χ1v) is 14.6. The minimum Gasteiger partial charge on any atom is -0.352 e. The van der Waals surface area contributed by atoms with Crippen molar-refractivity contribution in [2.45, 2.75) is 51.2 Å². The van der Waals surface area contributed by atoms with Gasteiger partial charge in [0.25, 0.3) is 0 Å². The Morgan fingerprint density at radius 2 is 1.80 bits per heavy atom. The third kappa shape index (κ3) is 7.59. The highest BCUT2D eigenvalue weighted by atomic mass is 79.9. The van der Waals surface area contributed by atoms with E-state index in [1.54, 1.807) is 6.92 Å². The van der Waals surface area contributed by atoms with Gasteiger partial charge in [-0.3, -0.25) is 13.9 Å². The molecule has 0 spiro atoms. The average molecular weight is 605 g/mol. The summed E-state index contributed by atoms with van der Waals surface area (Å²) >= 11 is 15.5. The van der Waals surface area contributed by atoms with Crippen LogP contribution in [0.15, 0.2) is 46.9 Å². The van der Waals surface area contributed by atoms with Crippen LogP contribution >= 0.6 is 39.1 Å². The van der Waals surface area contributed by atoms with Crippen LogP contribution in [0.2, 0.25) is 10.0 Å². The van der Waals surface area contributed by atoms with Crippen molar-refractivity contribution in [1.82, 2.24) is 10.2 Å². The number of nitrogens with zero attached hydrogens (tertiary/aromatic N) is 2. The van der Waals surface area contributed by atoms with Crippen LogP contribution in [-0.2, 0) is 26.2 Å². The average Bonchev–Trinajstić information content (AvgIpc) is 3.29. The van der Waals surface area contributed by atoms with Crippen LogP contribution in [0.3, 0.4) is 0 Å². The predicted molar refractivity (Wildman–Crippen MR) is 143 cm³/mol. The molecule has 1 fully saturated rings. The number of anilines is 1. The first-order chi connectivity index (χ1) is 16.5. The molecule has 0 heterocycles. The van der Waals surface area contributed by atoms with Crippen LogP contribution < -0.4 is 9.62 Å². The third-order valence-corrected chi connectivity index (χ3v) is 8.35. The zero-order chi connectivity index (χ0) is 25.8. The summed E-state index contributed by atoms with van der Waals surface area (Å²) in [6.07, 6.45) is 4.96. The van der Waals surface area contributed by atoms with Crippen molar-refractivity contribution in [1.29, 1.82) is 0 Å². The molecule has 0 radical (unpaired) electrons. The molecule has 2 aromatic carbocycles. The second-order valence-corrected chi connectivity index (χ2v) is 12.3. The van der Waals surface area contributed by atoms with Gasteiger partial charge >= 0.3 is 0 Å². The Balaban J connectivity index is 1.89. The van der Waals surface area contributed by atoms with E-state index in [0.29, 0.717) is 0 Å². The summed E-state index contributed by atoms with van der Waals surface area (Å²) in [5.41, 5.74) is 1.01. The highest BCUT2D eigenvalue weighted by Crippen LogP contribution is 2.29. The van der Waals surface area contributed by atoms with Gasteiger partial charge in [-0.1, -0.05) is 64.1 Å². The van der Waals surface area contributed by atoms with Crippen LogP contribution in [0, 0.1) is 0 Å². The number of halogens is 3. The maximum atomic E-state index is 13.6. The summed E-state index contributed by atoms with van der Waals surface area (Å²) in [7, 11) is -3.84. The predicted octanol–water partition coefficient (Wildman–Crippen LogP) is 5.00. The van der Waals surface area contributed by atoms with E-state index in [2.05, 4.69) is 21.2 Å². The Bertz CT molecular complexity index is 1190. The van der Waals surface area contributed by atoms with E-state index in [1.165, 1.54) is 23.1 Å². The van der Waals surface area contributed by atoms with Gasteiger partial charge in [-0.15, -0.1) is 0 Å². The molecule has 0 bridgehead atoms. The third-order valence-electron chi connectivity index (χ3n) is 5.98. The standard InChI is InChI=1S/C24H28BrCl2N3O4S/c1-16(24(32)28-19-8-3-4-9-19)29(14-17-6-5-7-18(25)12-17)23(31)15-30(35(2,33)34)20-10-11-21(26)22(27)13-20/h5-7,10-13,16,19H,3-4,8-9,14-15H2,1-2H3,(H,28,32). The summed E-state index contributed by atoms with van der Waals surface area (Å²) in [6, 6.07) is 11.0. The van der Waals surface area contributed by atoms with Crippen molar-refractivity contribution >= 4 is 66.7 Å². The highest BCUT2D eigenvalue weighted by molar-refractivity contribution is 9.10. The molecule has 0 aromatic heterocycles. The monoisotopic (exact) mass is 603 g/mol. The van der Waals surface area contributed by atoms with E-state index >= 15 is 0 Å². The SMILES string of the molecule is CC(C(=O)NC1CCCC1)N(Cc1cccc(Br)c1)C(=O)CN(c1ccc(Cl)c(Cl)c1)S(C)(=O)=O. The fourth-order valence-corrected chi connectivity index (χ4v) is 5.64. The second-order valence-electron chi connectivity index (χ2n) is 8.69. The van der Waals surface area contributed by atoms with E-state index < -0.39 is 28.5 Å². The van der Waals surface area contributed by atoms with Gasteiger partial charge in [0.1, 0.15) is 12.6 Å². The largest absolute Gasteiger partial charge is 0.352 e. The lowest BCUT2D eigenvalue weighted by Gasteiger charge is -2.32. The van der Waals surface area contributed by atoms with Crippen molar-refractivity contribution in [3.63, 3.8) is 0 Å². The van der Waals surface area contributed by atoms with E-state index in [9.17, 15) is 18.0 Å². The molecule has 1 unspecified atom stereocenters. The molecule has 0 saturated heterocycles.